The van der Waals surface area contributed by atoms with Gasteiger partial charge in [0.2, 0.25) is 5.96 Å². The van der Waals surface area contributed by atoms with Crippen LogP contribution in [-0.4, -0.2) is 36.0 Å². The van der Waals surface area contributed by atoms with Crippen molar-refractivity contribution in [2.24, 2.45) is 27.2 Å². The SMILES string of the molecule is CCCCCCCCCCCCN=C(N)N=C(N)N.O=S(=O)(O)O. The molecule has 0 amide bonds. The fourth-order valence-corrected chi connectivity index (χ4v) is 1.96. The molecule has 0 aromatic carbocycles. The van der Waals surface area contributed by atoms with E-state index in [1.54, 1.807) is 0 Å². The number of nitrogens with two attached hydrogens (primary N) is 3. The molecule has 0 heterocycles. The van der Waals surface area contributed by atoms with Crippen LogP contribution < -0.4 is 17.2 Å². The van der Waals surface area contributed by atoms with Crippen molar-refractivity contribution in [3.8, 4) is 0 Å². The molecule has 10 heteroatoms. The van der Waals surface area contributed by atoms with Gasteiger partial charge in [0, 0.05) is 6.54 Å². The van der Waals surface area contributed by atoms with Gasteiger partial charge >= 0.3 is 10.4 Å². The third kappa shape index (κ3) is 32.5. The molecule has 0 fully saturated rings. The van der Waals surface area contributed by atoms with E-state index in [2.05, 4.69) is 16.9 Å². The van der Waals surface area contributed by atoms with Crippen molar-refractivity contribution in [2.45, 2.75) is 71.1 Å². The first-order chi connectivity index (χ1) is 11.2. The molecule has 0 spiro atoms. The van der Waals surface area contributed by atoms with Crippen LogP contribution >= 0.6 is 0 Å². The van der Waals surface area contributed by atoms with Gasteiger partial charge in [-0.2, -0.15) is 13.4 Å². The fraction of sp³-hybridized carbons (Fsp3) is 0.857. The van der Waals surface area contributed by atoms with E-state index in [0.29, 0.717) is 6.54 Å². The van der Waals surface area contributed by atoms with Crippen molar-refractivity contribution in [2.75, 3.05) is 6.54 Å². The average molecular weight is 368 g/mol. The van der Waals surface area contributed by atoms with Gasteiger partial charge in [0.25, 0.3) is 0 Å². The zero-order valence-electron chi connectivity index (χ0n) is 14.5. The second kappa shape index (κ2) is 16.5. The van der Waals surface area contributed by atoms with Crippen LogP contribution in [0.3, 0.4) is 0 Å². The van der Waals surface area contributed by atoms with Gasteiger partial charge in [0.15, 0.2) is 5.96 Å². The van der Waals surface area contributed by atoms with Crippen molar-refractivity contribution < 1.29 is 17.5 Å². The van der Waals surface area contributed by atoms with E-state index in [0.717, 1.165) is 6.42 Å². The van der Waals surface area contributed by atoms with Crippen LogP contribution in [0, 0.1) is 0 Å². The van der Waals surface area contributed by atoms with E-state index in [1.807, 2.05) is 0 Å². The summed E-state index contributed by atoms with van der Waals surface area (Å²) >= 11 is 0. The minimum absolute atomic E-state index is 0.0377. The fourth-order valence-electron chi connectivity index (χ4n) is 1.96. The first kappa shape index (κ1) is 24.9. The highest BCUT2D eigenvalue weighted by Gasteiger charge is 1.93. The van der Waals surface area contributed by atoms with E-state index < -0.39 is 10.4 Å². The maximum Gasteiger partial charge on any atom is 0.394 e. The average Bonchev–Trinajstić information content (AvgIpc) is 2.42. The Morgan fingerprint density at radius 2 is 1.21 bits per heavy atom. The summed E-state index contributed by atoms with van der Waals surface area (Å²) < 4.78 is 31.6. The Balaban J connectivity index is 0. The Hall–Kier alpha value is -1.39. The van der Waals surface area contributed by atoms with E-state index in [9.17, 15) is 0 Å². The molecule has 0 aliphatic heterocycles. The maximum atomic E-state index is 8.74. The van der Waals surface area contributed by atoms with Crippen LogP contribution in [0.5, 0.6) is 0 Å². The molecular weight excluding hydrogens is 334 g/mol. The summed E-state index contributed by atoms with van der Waals surface area (Å²) in [5.41, 5.74) is 15.9. The first-order valence-electron chi connectivity index (χ1n) is 8.26. The van der Waals surface area contributed by atoms with Crippen LogP contribution in [0.1, 0.15) is 71.1 Å². The van der Waals surface area contributed by atoms with E-state index in [4.69, 9.17) is 34.7 Å². The molecule has 8 N–H and O–H groups in total. The van der Waals surface area contributed by atoms with Gasteiger partial charge in [-0.25, -0.2) is 0 Å². The third-order valence-electron chi connectivity index (χ3n) is 3.03. The molecule has 0 saturated heterocycles. The Labute approximate surface area is 145 Å². The quantitative estimate of drug-likeness (QED) is 0.160. The second-order valence-corrected chi connectivity index (χ2v) is 6.30. The molecule has 0 rings (SSSR count). The van der Waals surface area contributed by atoms with Gasteiger partial charge in [-0.3, -0.25) is 14.1 Å². The molecule has 0 bridgehead atoms. The lowest BCUT2D eigenvalue weighted by Gasteiger charge is -2.01. The van der Waals surface area contributed by atoms with Gasteiger partial charge in [-0.15, -0.1) is 0 Å². The van der Waals surface area contributed by atoms with E-state index >= 15 is 0 Å². The van der Waals surface area contributed by atoms with Crippen molar-refractivity contribution >= 4 is 22.3 Å². The molecule has 0 aromatic rings. The summed E-state index contributed by atoms with van der Waals surface area (Å²) in [6.07, 6.45) is 13.1. The van der Waals surface area contributed by atoms with E-state index in [1.165, 1.54) is 57.8 Å². The topological polar surface area (TPSA) is 177 Å². The van der Waals surface area contributed by atoms with Gasteiger partial charge in [-0.05, 0) is 6.42 Å². The Bertz CT molecular complexity index is 440. The highest BCUT2D eigenvalue weighted by Crippen LogP contribution is 2.10. The lowest BCUT2D eigenvalue weighted by atomic mass is 10.1. The lowest BCUT2D eigenvalue weighted by Crippen LogP contribution is -2.26. The van der Waals surface area contributed by atoms with Crippen molar-refractivity contribution in [3.05, 3.63) is 0 Å². The Kier molecular flexibility index (Phi) is 17.1. The maximum absolute atomic E-state index is 8.74. The molecule has 0 atom stereocenters. The summed E-state index contributed by atoms with van der Waals surface area (Å²) in [4.78, 5) is 7.74. The molecule has 0 radical (unpaired) electrons. The standard InChI is InChI=1S/C14H31N5.H2O4S/c1-2-3-4-5-6-7-8-9-10-11-12-18-14(17)19-13(15)16;1-5(2,3)4/h2-12H2,1H3,(H6,15,16,17,18,19);(H2,1,2,3,4). The van der Waals surface area contributed by atoms with Crippen LogP contribution in [0.4, 0.5) is 0 Å². The number of unbranched alkanes of at least 4 members (excludes halogenated alkanes) is 9. The zero-order valence-corrected chi connectivity index (χ0v) is 15.3. The number of hydrogen-bond acceptors (Lipinski definition) is 3. The summed E-state index contributed by atoms with van der Waals surface area (Å²) in [6.45, 7) is 2.96. The minimum Gasteiger partial charge on any atom is -0.370 e. The lowest BCUT2D eigenvalue weighted by molar-refractivity contribution is 0.381. The monoisotopic (exact) mass is 367 g/mol. The number of guanidine groups is 2. The first-order valence-corrected chi connectivity index (χ1v) is 9.66. The Morgan fingerprint density at radius 3 is 1.58 bits per heavy atom. The van der Waals surface area contributed by atoms with Gasteiger partial charge in [0.05, 0.1) is 0 Å². The van der Waals surface area contributed by atoms with Crippen LogP contribution in [0.15, 0.2) is 9.98 Å². The number of nitrogens with zero attached hydrogens (tertiary/aromatic N) is 2. The molecule has 144 valence electrons. The summed E-state index contributed by atoms with van der Waals surface area (Å²) in [5.74, 6) is 0.139. The molecule has 0 aliphatic rings. The number of aliphatic imine (C=N–C) groups is 2. The summed E-state index contributed by atoms with van der Waals surface area (Å²) in [7, 11) is -4.67. The molecule has 0 saturated carbocycles. The van der Waals surface area contributed by atoms with Gasteiger partial charge in [-0.1, -0.05) is 64.7 Å². The summed E-state index contributed by atoms with van der Waals surface area (Å²) in [6, 6.07) is 0. The third-order valence-corrected chi connectivity index (χ3v) is 3.03. The second-order valence-electron chi connectivity index (χ2n) is 5.41. The van der Waals surface area contributed by atoms with Crippen molar-refractivity contribution in [3.63, 3.8) is 0 Å². The van der Waals surface area contributed by atoms with Crippen molar-refractivity contribution in [1.82, 2.24) is 0 Å². The predicted octanol–water partition coefficient (Wildman–Crippen LogP) is 1.84. The molecule has 0 aromatic heterocycles. The summed E-state index contributed by atoms with van der Waals surface area (Å²) in [5, 5.41) is 0. The van der Waals surface area contributed by atoms with Crippen LogP contribution in [0.25, 0.3) is 0 Å². The van der Waals surface area contributed by atoms with Crippen LogP contribution in [0.2, 0.25) is 0 Å². The normalized spacial score (nSPS) is 11.5. The predicted molar refractivity (Wildman–Crippen MR) is 98.3 cm³/mol. The van der Waals surface area contributed by atoms with Gasteiger partial charge < -0.3 is 17.2 Å². The molecular formula is C14H33N5O4S. The number of hydrogen-bond donors (Lipinski definition) is 5. The Morgan fingerprint density at radius 1 is 0.833 bits per heavy atom. The number of rotatable bonds is 11. The largest absolute Gasteiger partial charge is 0.394 e. The van der Waals surface area contributed by atoms with Crippen LogP contribution in [-0.2, 0) is 10.4 Å². The molecule has 9 nitrogen and oxygen atoms in total. The van der Waals surface area contributed by atoms with E-state index in [-0.39, 0.29) is 11.9 Å². The van der Waals surface area contributed by atoms with Crippen molar-refractivity contribution in [1.29, 1.82) is 0 Å². The molecule has 24 heavy (non-hydrogen) atoms. The molecule has 0 aliphatic carbocycles. The zero-order chi connectivity index (χ0) is 18.8. The van der Waals surface area contributed by atoms with Gasteiger partial charge in [0.1, 0.15) is 0 Å². The highest BCUT2D eigenvalue weighted by molar-refractivity contribution is 7.79. The highest BCUT2D eigenvalue weighted by atomic mass is 32.3. The smallest absolute Gasteiger partial charge is 0.370 e. The molecule has 0 unspecified atom stereocenters. The minimum atomic E-state index is -4.67.